The van der Waals surface area contributed by atoms with Crippen molar-refractivity contribution in [3.05, 3.63) is 0 Å². The van der Waals surface area contributed by atoms with E-state index in [2.05, 4.69) is 4.74 Å². The third-order valence-electron chi connectivity index (χ3n) is 1.60. The number of hydrogen-bond donors (Lipinski definition) is 0. The van der Waals surface area contributed by atoms with Crippen LogP contribution in [0.1, 0.15) is 26.2 Å². The molecular formula is C8H9F6NO. The van der Waals surface area contributed by atoms with Gasteiger partial charge in [0.05, 0.1) is 0 Å². The number of alkyl halides is 6. The van der Waals surface area contributed by atoms with Gasteiger partial charge in [-0.1, -0.05) is 13.3 Å². The number of ether oxygens (including phenoxy) is 1. The zero-order chi connectivity index (χ0) is 13.0. The van der Waals surface area contributed by atoms with Crippen molar-refractivity contribution in [1.82, 2.24) is 0 Å². The molecule has 0 N–H and O–H groups in total. The van der Waals surface area contributed by atoms with E-state index in [1.807, 2.05) is 0 Å². The molecule has 0 saturated heterocycles. The summed E-state index contributed by atoms with van der Waals surface area (Å²) in [5.41, 5.74) is 0. The van der Waals surface area contributed by atoms with Crippen molar-refractivity contribution >= 4 is 0 Å². The van der Waals surface area contributed by atoms with Gasteiger partial charge in [-0.15, -0.1) is 0 Å². The van der Waals surface area contributed by atoms with Gasteiger partial charge in [-0.25, -0.2) is 4.74 Å². The van der Waals surface area contributed by atoms with Gasteiger partial charge in [-0.2, -0.15) is 31.6 Å². The Labute approximate surface area is 87.8 Å². The van der Waals surface area contributed by atoms with E-state index in [9.17, 15) is 26.3 Å². The van der Waals surface area contributed by atoms with Crippen molar-refractivity contribution in [3.63, 3.8) is 0 Å². The Morgan fingerprint density at radius 3 is 2.00 bits per heavy atom. The maximum atomic E-state index is 12.6. The molecule has 0 aromatic carbocycles. The summed E-state index contributed by atoms with van der Waals surface area (Å²) in [7, 11) is 0. The minimum absolute atomic E-state index is 0.0814. The van der Waals surface area contributed by atoms with Crippen molar-refractivity contribution in [3.8, 4) is 6.07 Å². The molecule has 0 amide bonds. The molecule has 8 heteroatoms. The number of unbranched alkanes of at least 4 members (excludes halogenated alkanes) is 1. The van der Waals surface area contributed by atoms with E-state index in [-0.39, 0.29) is 18.9 Å². The summed E-state index contributed by atoms with van der Waals surface area (Å²) >= 11 is 0. The maximum absolute atomic E-state index is 12.6. The third kappa shape index (κ3) is 3.89. The van der Waals surface area contributed by atoms with Crippen LogP contribution in [-0.4, -0.2) is 18.1 Å². The van der Waals surface area contributed by atoms with Crippen LogP contribution in [0, 0.1) is 11.3 Å². The number of nitrogens with zero attached hydrogens (tertiary/aromatic N) is 1. The molecule has 0 aliphatic rings. The lowest BCUT2D eigenvalue weighted by molar-refractivity contribution is -0.420. The monoisotopic (exact) mass is 249 g/mol. The minimum Gasteiger partial charge on any atom is -0.249 e. The second-order valence-corrected chi connectivity index (χ2v) is 3.05. The van der Waals surface area contributed by atoms with E-state index >= 15 is 0 Å². The standard InChI is InChI=1S/C8H9F6NO/c1-2-3-4-7(11,12)16-8(13,14)6(9,10)5-15/h2-4H2,1H3. The summed E-state index contributed by atoms with van der Waals surface area (Å²) in [6.45, 7) is 1.51. The van der Waals surface area contributed by atoms with Crippen molar-refractivity contribution in [2.75, 3.05) is 0 Å². The number of nitriles is 1. The number of rotatable bonds is 6. The predicted octanol–water partition coefficient (Wildman–Crippen LogP) is 3.54. The largest absolute Gasteiger partial charge is 0.438 e. The first-order valence-electron chi connectivity index (χ1n) is 4.33. The number of hydrogen-bond acceptors (Lipinski definition) is 2. The molecule has 94 valence electrons. The Balaban J connectivity index is 4.64. The summed E-state index contributed by atoms with van der Waals surface area (Å²) in [5.74, 6) is -5.29. The fourth-order valence-corrected chi connectivity index (χ4v) is 0.750. The van der Waals surface area contributed by atoms with Gasteiger partial charge in [0, 0.05) is 6.42 Å². The average molecular weight is 249 g/mol. The molecule has 0 aromatic heterocycles. The molecule has 0 spiro atoms. The molecule has 0 aliphatic heterocycles. The summed E-state index contributed by atoms with van der Waals surface area (Å²) in [4.78, 5) is 0. The Hall–Kier alpha value is -0.970. The first-order valence-corrected chi connectivity index (χ1v) is 4.33. The van der Waals surface area contributed by atoms with Crippen LogP contribution in [0.25, 0.3) is 0 Å². The number of halogens is 6. The Bertz CT molecular complexity index is 272. The molecule has 2 nitrogen and oxygen atoms in total. The highest BCUT2D eigenvalue weighted by atomic mass is 19.3. The van der Waals surface area contributed by atoms with E-state index in [0.29, 0.717) is 0 Å². The molecular weight excluding hydrogens is 240 g/mol. The van der Waals surface area contributed by atoms with Crippen LogP contribution in [0.4, 0.5) is 26.3 Å². The van der Waals surface area contributed by atoms with Crippen LogP contribution < -0.4 is 0 Å². The van der Waals surface area contributed by atoms with Gasteiger partial charge in [0.25, 0.3) is 0 Å². The molecule has 0 radical (unpaired) electrons. The molecule has 0 aromatic rings. The second kappa shape index (κ2) is 4.91. The van der Waals surface area contributed by atoms with Gasteiger partial charge >= 0.3 is 18.1 Å². The molecule has 0 heterocycles. The van der Waals surface area contributed by atoms with Gasteiger partial charge < -0.3 is 0 Å². The maximum Gasteiger partial charge on any atom is 0.438 e. The highest BCUT2D eigenvalue weighted by Crippen LogP contribution is 2.40. The van der Waals surface area contributed by atoms with E-state index in [1.54, 1.807) is 0 Å². The Morgan fingerprint density at radius 1 is 1.12 bits per heavy atom. The summed E-state index contributed by atoms with van der Waals surface area (Å²) < 4.78 is 77.3. The van der Waals surface area contributed by atoms with Crippen LogP contribution in [-0.2, 0) is 4.74 Å². The molecule has 0 bridgehead atoms. The lowest BCUT2D eigenvalue weighted by Crippen LogP contribution is -2.46. The molecule has 16 heavy (non-hydrogen) atoms. The first-order chi connectivity index (χ1) is 7.08. The van der Waals surface area contributed by atoms with Gasteiger partial charge in [-0.05, 0) is 6.42 Å². The van der Waals surface area contributed by atoms with Crippen molar-refractivity contribution in [2.45, 2.75) is 44.3 Å². The van der Waals surface area contributed by atoms with Crippen molar-refractivity contribution < 1.29 is 31.1 Å². The highest BCUT2D eigenvalue weighted by Gasteiger charge is 2.62. The van der Waals surface area contributed by atoms with E-state index in [0.717, 1.165) is 0 Å². The zero-order valence-corrected chi connectivity index (χ0v) is 8.24. The SMILES string of the molecule is CCCCC(F)(F)OC(F)(F)C(F)(F)C#N. The predicted molar refractivity (Wildman–Crippen MR) is 41.1 cm³/mol. The zero-order valence-electron chi connectivity index (χ0n) is 8.24. The topological polar surface area (TPSA) is 33.0 Å². The fraction of sp³-hybridized carbons (Fsp3) is 0.875. The molecule has 0 saturated carbocycles. The summed E-state index contributed by atoms with van der Waals surface area (Å²) in [6.07, 6.45) is -10.9. The van der Waals surface area contributed by atoms with Crippen LogP contribution in [0.15, 0.2) is 0 Å². The van der Waals surface area contributed by atoms with Crippen LogP contribution >= 0.6 is 0 Å². The fourth-order valence-electron chi connectivity index (χ4n) is 0.750. The van der Waals surface area contributed by atoms with E-state index in [4.69, 9.17) is 5.26 Å². The van der Waals surface area contributed by atoms with Crippen LogP contribution in [0.5, 0.6) is 0 Å². The van der Waals surface area contributed by atoms with Crippen LogP contribution in [0.3, 0.4) is 0 Å². The first kappa shape index (κ1) is 15.0. The quantitative estimate of drug-likeness (QED) is 0.674. The lowest BCUT2D eigenvalue weighted by Gasteiger charge is -2.25. The van der Waals surface area contributed by atoms with Gasteiger partial charge in [0.1, 0.15) is 6.07 Å². The normalized spacial score (nSPS) is 13.6. The van der Waals surface area contributed by atoms with Gasteiger partial charge in [-0.3, -0.25) is 0 Å². The smallest absolute Gasteiger partial charge is 0.249 e. The molecule has 0 fully saturated rings. The van der Waals surface area contributed by atoms with Crippen molar-refractivity contribution in [2.24, 2.45) is 0 Å². The third-order valence-corrected chi connectivity index (χ3v) is 1.60. The van der Waals surface area contributed by atoms with Gasteiger partial charge in [0.15, 0.2) is 0 Å². The lowest BCUT2D eigenvalue weighted by atomic mass is 10.2. The molecule has 0 atom stereocenters. The molecule has 0 aliphatic carbocycles. The Morgan fingerprint density at radius 2 is 1.62 bits per heavy atom. The Kier molecular flexibility index (Phi) is 4.61. The minimum atomic E-state index is -5.51. The highest BCUT2D eigenvalue weighted by molar-refractivity contribution is 4.98. The summed E-state index contributed by atoms with van der Waals surface area (Å²) in [5, 5.41) is 7.70. The van der Waals surface area contributed by atoms with Crippen molar-refractivity contribution in [1.29, 1.82) is 5.26 Å². The summed E-state index contributed by atoms with van der Waals surface area (Å²) in [6, 6.07) is -0.0814. The van der Waals surface area contributed by atoms with Gasteiger partial charge in [0.2, 0.25) is 0 Å². The molecule has 0 rings (SSSR count). The average Bonchev–Trinajstić information content (AvgIpc) is 2.13. The van der Waals surface area contributed by atoms with E-state index in [1.165, 1.54) is 6.92 Å². The van der Waals surface area contributed by atoms with E-state index < -0.39 is 24.6 Å². The second-order valence-electron chi connectivity index (χ2n) is 3.05. The molecule has 0 unspecified atom stereocenters. The van der Waals surface area contributed by atoms with Crippen LogP contribution in [0.2, 0.25) is 0 Å².